The Morgan fingerprint density at radius 2 is 2.15 bits per heavy atom. The molecule has 1 saturated carbocycles. The summed E-state index contributed by atoms with van der Waals surface area (Å²) in [5.74, 6) is 2.79. The lowest BCUT2D eigenvalue weighted by molar-refractivity contribution is 0.302. The van der Waals surface area contributed by atoms with Crippen molar-refractivity contribution in [3.8, 4) is 0 Å². The molecule has 0 unspecified atom stereocenters. The molecule has 0 aromatic carbocycles. The summed E-state index contributed by atoms with van der Waals surface area (Å²) in [4.78, 5) is 4.51. The third-order valence-corrected chi connectivity index (χ3v) is 4.22. The average Bonchev–Trinajstić information content (AvgIpc) is 3.09. The zero-order chi connectivity index (χ0) is 13.9. The number of nitrogens with two attached hydrogens (primary N) is 1. The first-order valence-electron chi connectivity index (χ1n) is 7.35. The van der Waals surface area contributed by atoms with Gasteiger partial charge in [0.15, 0.2) is 5.82 Å². The van der Waals surface area contributed by atoms with Crippen molar-refractivity contribution in [2.24, 2.45) is 5.92 Å². The third-order valence-electron chi connectivity index (χ3n) is 4.22. The fourth-order valence-corrected chi connectivity index (χ4v) is 2.93. The van der Waals surface area contributed by atoms with Crippen LogP contribution in [0.4, 0.5) is 5.69 Å². The first-order chi connectivity index (χ1) is 9.74. The summed E-state index contributed by atoms with van der Waals surface area (Å²) in [5.41, 5.74) is 6.27. The number of hydrogen-bond donors (Lipinski definition) is 1. The average molecular weight is 275 g/mol. The van der Waals surface area contributed by atoms with Gasteiger partial charge < -0.3 is 10.3 Å². The van der Waals surface area contributed by atoms with E-state index in [4.69, 9.17) is 10.3 Å². The summed E-state index contributed by atoms with van der Waals surface area (Å²) in [6.45, 7) is 2.75. The van der Waals surface area contributed by atoms with Gasteiger partial charge in [-0.15, -0.1) is 0 Å². The smallest absolute Gasteiger partial charge is 0.248 e. The van der Waals surface area contributed by atoms with E-state index in [0.717, 1.165) is 11.7 Å². The Balaban J connectivity index is 1.62. The van der Waals surface area contributed by atoms with E-state index in [0.29, 0.717) is 24.0 Å². The second-order valence-electron chi connectivity index (χ2n) is 5.64. The summed E-state index contributed by atoms with van der Waals surface area (Å²) in [5, 5.41) is 8.25. The van der Waals surface area contributed by atoms with Crippen LogP contribution >= 0.6 is 0 Å². The number of anilines is 1. The Morgan fingerprint density at radius 1 is 1.35 bits per heavy atom. The van der Waals surface area contributed by atoms with Gasteiger partial charge in [-0.25, -0.2) is 0 Å². The molecule has 1 fully saturated rings. The molecule has 20 heavy (non-hydrogen) atoms. The summed E-state index contributed by atoms with van der Waals surface area (Å²) < 4.78 is 7.03. The van der Waals surface area contributed by atoms with Crippen LogP contribution in [-0.2, 0) is 6.54 Å². The van der Waals surface area contributed by atoms with E-state index in [1.165, 1.54) is 32.1 Å². The van der Waals surface area contributed by atoms with Crippen molar-refractivity contribution < 1.29 is 4.52 Å². The van der Waals surface area contributed by atoms with E-state index >= 15 is 0 Å². The molecule has 0 radical (unpaired) electrons. The van der Waals surface area contributed by atoms with Gasteiger partial charge in [-0.3, -0.25) is 4.68 Å². The molecule has 0 amide bonds. The van der Waals surface area contributed by atoms with Gasteiger partial charge >= 0.3 is 0 Å². The van der Waals surface area contributed by atoms with Gasteiger partial charge in [0.05, 0.1) is 11.9 Å². The van der Waals surface area contributed by atoms with Crippen molar-refractivity contribution in [1.82, 2.24) is 19.9 Å². The van der Waals surface area contributed by atoms with Crippen LogP contribution < -0.4 is 5.73 Å². The molecule has 2 aromatic heterocycles. The van der Waals surface area contributed by atoms with Crippen molar-refractivity contribution in [3.05, 3.63) is 24.1 Å². The van der Waals surface area contributed by atoms with Gasteiger partial charge in [-0.2, -0.15) is 10.1 Å². The molecular formula is C14H21N5O. The Hall–Kier alpha value is -1.85. The fourth-order valence-electron chi connectivity index (χ4n) is 2.93. The highest BCUT2D eigenvalue weighted by Crippen LogP contribution is 2.35. The van der Waals surface area contributed by atoms with Gasteiger partial charge in [0.1, 0.15) is 6.54 Å². The van der Waals surface area contributed by atoms with Crippen molar-refractivity contribution in [1.29, 1.82) is 0 Å². The van der Waals surface area contributed by atoms with Gasteiger partial charge in [0, 0.05) is 12.1 Å². The Bertz CT molecular complexity index is 553. The third kappa shape index (κ3) is 2.84. The zero-order valence-electron chi connectivity index (χ0n) is 11.8. The Labute approximate surface area is 118 Å². The topological polar surface area (TPSA) is 82.8 Å². The van der Waals surface area contributed by atoms with E-state index in [2.05, 4.69) is 22.2 Å². The van der Waals surface area contributed by atoms with Crippen LogP contribution in [0.15, 0.2) is 16.9 Å². The van der Waals surface area contributed by atoms with Crippen LogP contribution in [0.25, 0.3) is 0 Å². The van der Waals surface area contributed by atoms with Gasteiger partial charge in [0.2, 0.25) is 5.89 Å². The fraction of sp³-hybridized carbons (Fsp3) is 0.643. The van der Waals surface area contributed by atoms with Crippen LogP contribution in [-0.4, -0.2) is 19.9 Å². The van der Waals surface area contributed by atoms with E-state index in [-0.39, 0.29) is 0 Å². The zero-order valence-corrected chi connectivity index (χ0v) is 11.8. The maximum absolute atomic E-state index is 5.63. The molecule has 0 bridgehead atoms. The lowest BCUT2D eigenvalue weighted by atomic mass is 9.80. The highest BCUT2D eigenvalue weighted by Gasteiger charge is 2.25. The van der Waals surface area contributed by atoms with Crippen LogP contribution in [0.5, 0.6) is 0 Å². The van der Waals surface area contributed by atoms with Crippen molar-refractivity contribution in [2.75, 3.05) is 5.73 Å². The van der Waals surface area contributed by atoms with Crippen molar-refractivity contribution >= 4 is 5.69 Å². The maximum atomic E-state index is 5.63. The van der Waals surface area contributed by atoms with Crippen LogP contribution in [0.2, 0.25) is 0 Å². The molecule has 3 rings (SSSR count). The number of hydrogen-bond acceptors (Lipinski definition) is 5. The quantitative estimate of drug-likeness (QED) is 0.927. The molecule has 6 nitrogen and oxygen atoms in total. The minimum absolute atomic E-state index is 0.456. The van der Waals surface area contributed by atoms with E-state index in [1.807, 2.05) is 0 Å². The number of aromatic nitrogens is 4. The Morgan fingerprint density at radius 3 is 2.80 bits per heavy atom. The normalized spacial score (nSPS) is 23.1. The molecule has 0 spiro atoms. The molecule has 2 heterocycles. The van der Waals surface area contributed by atoms with Gasteiger partial charge in [-0.1, -0.05) is 18.5 Å². The van der Waals surface area contributed by atoms with Gasteiger partial charge in [-0.05, 0) is 31.6 Å². The first kappa shape index (κ1) is 13.1. The maximum Gasteiger partial charge on any atom is 0.248 e. The molecule has 0 saturated heterocycles. The Kier molecular flexibility index (Phi) is 3.71. The monoisotopic (exact) mass is 275 g/mol. The second kappa shape index (κ2) is 5.64. The molecule has 6 heteroatoms. The highest BCUT2D eigenvalue weighted by atomic mass is 16.5. The molecule has 1 aliphatic rings. The minimum atomic E-state index is 0.456. The van der Waals surface area contributed by atoms with Crippen molar-refractivity contribution in [2.45, 2.75) is 51.5 Å². The van der Waals surface area contributed by atoms with Crippen LogP contribution in [0.1, 0.15) is 56.7 Å². The number of rotatable bonds is 4. The van der Waals surface area contributed by atoms with Gasteiger partial charge in [0.25, 0.3) is 0 Å². The first-order valence-corrected chi connectivity index (χ1v) is 7.35. The summed E-state index contributed by atoms with van der Waals surface area (Å²) in [6.07, 6.45) is 9.56. The van der Waals surface area contributed by atoms with Crippen molar-refractivity contribution in [3.63, 3.8) is 0 Å². The molecule has 0 atom stereocenters. The second-order valence-corrected chi connectivity index (χ2v) is 5.64. The summed E-state index contributed by atoms with van der Waals surface area (Å²) in [6, 6.07) is 0. The summed E-state index contributed by atoms with van der Waals surface area (Å²) in [7, 11) is 0. The molecular weight excluding hydrogens is 254 g/mol. The molecule has 0 aliphatic heterocycles. The highest BCUT2D eigenvalue weighted by molar-refractivity contribution is 5.30. The SMILES string of the molecule is CCC1CCC(c2noc(Cn3cc(N)cn3)n2)CC1. The molecule has 1 aliphatic carbocycles. The lowest BCUT2D eigenvalue weighted by Gasteiger charge is -2.25. The predicted octanol–water partition coefficient (Wildman–Crippen LogP) is 2.58. The van der Waals surface area contributed by atoms with E-state index in [9.17, 15) is 0 Å². The standard InChI is InChI=1S/C14H21N5O/c1-2-10-3-5-11(6-4-10)14-17-13(20-18-14)9-19-8-12(15)7-16-19/h7-8,10-11H,2-6,9,15H2,1H3. The van der Waals surface area contributed by atoms with E-state index in [1.54, 1.807) is 17.1 Å². The molecule has 2 N–H and O–H groups in total. The number of nitrogen functional groups attached to an aromatic ring is 1. The van der Waals surface area contributed by atoms with Crippen LogP contribution in [0.3, 0.4) is 0 Å². The largest absolute Gasteiger partial charge is 0.396 e. The molecule has 2 aromatic rings. The van der Waals surface area contributed by atoms with E-state index < -0.39 is 0 Å². The van der Waals surface area contributed by atoms with Crippen LogP contribution in [0, 0.1) is 5.92 Å². The number of nitrogens with zero attached hydrogens (tertiary/aromatic N) is 4. The lowest BCUT2D eigenvalue weighted by Crippen LogP contribution is -2.13. The summed E-state index contributed by atoms with van der Waals surface area (Å²) >= 11 is 0. The predicted molar refractivity (Wildman–Crippen MR) is 75.0 cm³/mol. The minimum Gasteiger partial charge on any atom is -0.396 e. The molecule has 108 valence electrons.